The van der Waals surface area contributed by atoms with E-state index in [1.54, 1.807) is 0 Å². The Hall–Kier alpha value is -1.27. The molecular weight excluding hydrogens is 228 g/mol. The molecular formula is C16H17Cl. The van der Waals surface area contributed by atoms with Gasteiger partial charge in [0.1, 0.15) is 0 Å². The van der Waals surface area contributed by atoms with Gasteiger partial charge in [-0.25, -0.2) is 0 Å². The molecule has 0 saturated carbocycles. The van der Waals surface area contributed by atoms with Gasteiger partial charge in [0.05, 0.1) is 0 Å². The van der Waals surface area contributed by atoms with Gasteiger partial charge in [-0.2, -0.15) is 0 Å². The van der Waals surface area contributed by atoms with Crippen LogP contribution in [0.5, 0.6) is 0 Å². The Labute approximate surface area is 108 Å². The molecule has 1 unspecified atom stereocenters. The van der Waals surface area contributed by atoms with Gasteiger partial charge < -0.3 is 0 Å². The first-order chi connectivity index (χ1) is 8.27. The predicted molar refractivity (Wildman–Crippen MR) is 74.7 cm³/mol. The highest BCUT2D eigenvalue weighted by atomic mass is 35.5. The van der Waals surface area contributed by atoms with E-state index in [2.05, 4.69) is 67.6 Å². The largest absolute Gasteiger partial charge is 0.123 e. The van der Waals surface area contributed by atoms with Crippen molar-refractivity contribution in [3.05, 3.63) is 71.8 Å². The third-order valence-corrected chi connectivity index (χ3v) is 3.14. The summed E-state index contributed by atoms with van der Waals surface area (Å²) in [5, 5.41) is 0.181. The molecule has 0 aliphatic heterocycles. The molecule has 0 bridgehead atoms. The lowest BCUT2D eigenvalue weighted by Gasteiger charge is -2.19. The second kappa shape index (κ2) is 5.88. The van der Waals surface area contributed by atoms with E-state index in [1.165, 1.54) is 11.1 Å². The van der Waals surface area contributed by atoms with Crippen LogP contribution in [-0.2, 0) is 0 Å². The maximum Gasteiger partial charge on any atom is 0.0316 e. The van der Waals surface area contributed by atoms with Crippen molar-refractivity contribution in [3.8, 4) is 0 Å². The molecule has 88 valence electrons. The molecule has 0 aromatic heterocycles. The van der Waals surface area contributed by atoms with Gasteiger partial charge in [-0.1, -0.05) is 60.7 Å². The minimum atomic E-state index is 0.181. The Bertz CT molecular complexity index is 394. The molecule has 17 heavy (non-hydrogen) atoms. The van der Waals surface area contributed by atoms with Crippen molar-refractivity contribution in [3.63, 3.8) is 0 Å². The molecule has 0 spiro atoms. The van der Waals surface area contributed by atoms with E-state index in [-0.39, 0.29) is 5.38 Å². The summed E-state index contributed by atoms with van der Waals surface area (Å²) in [6, 6.07) is 21.2. The normalized spacial score (nSPS) is 12.6. The zero-order valence-corrected chi connectivity index (χ0v) is 10.8. The van der Waals surface area contributed by atoms with Gasteiger partial charge in [-0.05, 0) is 24.5 Å². The summed E-state index contributed by atoms with van der Waals surface area (Å²) in [6.07, 6.45) is 0.968. The lowest BCUT2D eigenvalue weighted by Crippen LogP contribution is -2.06. The quantitative estimate of drug-likeness (QED) is 0.676. The summed E-state index contributed by atoms with van der Waals surface area (Å²) in [7, 11) is 0. The molecule has 0 amide bonds. The van der Waals surface area contributed by atoms with Gasteiger partial charge in [-0.15, -0.1) is 11.6 Å². The van der Waals surface area contributed by atoms with Crippen molar-refractivity contribution in [2.45, 2.75) is 24.6 Å². The zero-order chi connectivity index (χ0) is 12.1. The molecule has 0 fully saturated rings. The van der Waals surface area contributed by atoms with Gasteiger partial charge in [0.15, 0.2) is 0 Å². The monoisotopic (exact) mass is 244 g/mol. The molecule has 2 rings (SSSR count). The molecule has 0 nitrogen and oxygen atoms in total. The minimum Gasteiger partial charge on any atom is -0.123 e. The van der Waals surface area contributed by atoms with Crippen LogP contribution in [0.4, 0.5) is 0 Å². The predicted octanol–water partition coefficient (Wildman–Crippen LogP) is 4.84. The van der Waals surface area contributed by atoms with Gasteiger partial charge in [0, 0.05) is 11.3 Å². The fraction of sp³-hybridized carbons (Fsp3) is 0.250. The second-order valence-corrected chi connectivity index (χ2v) is 5.14. The molecule has 0 saturated heterocycles. The highest BCUT2D eigenvalue weighted by Gasteiger charge is 2.15. The van der Waals surface area contributed by atoms with E-state index in [0.717, 1.165) is 6.42 Å². The Morgan fingerprint density at radius 3 is 1.59 bits per heavy atom. The lowest BCUT2D eigenvalue weighted by molar-refractivity contribution is 0.705. The fourth-order valence-electron chi connectivity index (χ4n) is 2.16. The van der Waals surface area contributed by atoms with Crippen LogP contribution in [0.1, 0.15) is 30.4 Å². The van der Waals surface area contributed by atoms with Crippen LogP contribution in [0.15, 0.2) is 60.7 Å². The highest BCUT2D eigenvalue weighted by molar-refractivity contribution is 6.20. The van der Waals surface area contributed by atoms with Gasteiger partial charge in [0.25, 0.3) is 0 Å². The Morgan fingerprint density at radius 1 is 0.824 bits per heavy atom. The summed E-state index contributed by atoms with van der Waals surface area (Å²) in [4.78, 5) is 0. The van der Waals surface area contributed by atoms with Crippen LogP contribution in [0.25, 0.3) is 0 Å². The van der Waals surface area contributed by atoms with Crippen LogP contribution >= 0.6 is 11.6 Å². The third kappa shape index (κ3) is 3.34. The number of halogens is 1. The second-order valence-electron chi connectivity index (χ2n) is 4.39. The van der Waals surface area contributed by atoms with Crippen LogP contribution in [0.3, 0.4) is 0 Å². The number of hydrogen-bond acceptors (Lipinski definition) is 0. The first kappa shape index (κ1) is 12.2. The summed E-state index contributed by atoms with van der Waals surface area (Å²) in [6.45, 7) is 2.06. The van der Waals surface area contributed by atoms with Crippen LogP contribution in [0, 0.1) is 0 Å². The van der Waals surface area contributed by atoms with E-state index in [1.807, 2.05) is 0 Å². The van der Waals surface area contributed by atoms with Crippen molar-refractivity contribution >= 4 is 11.6 Å². The minimum absolute atomic E-state index is 0.181. The first-order valence-electron chi connectivity index (χ1n) is 6.01. The number of alkyl halides is 1. The number of rotatable bonds is 4. The number of benzene rings is 2. The third-order valence-electron chi connectivity index (χ3n) is 2.96. The average Bonchev–Trinajstić information content (AvgIpc) is 2.38. The SMILES string of the molecule is CC(Cl)CC(c1ccccc1)c1ccccc1. The summed E-state index contributed by atoms with van der Waals surface area (Å²) >= 11 is 6.17. The van der Waals surface area contributed by atoms with Crippen LogP contribution < -0.4 is 0 Å². The molecule has 0 N–H and O–H groups in total. The number of hydrogen-bond donors (Lipinski definition) is 0. The zero-order valence-electron chi connectivity index (χ0n) is 10.0. The van der Waals surface area contributed by atoms with Gasteiger partial charge >= 0.3 is 0 Å². The van der Waals surface area contributed by atoms with Crippen molar-refractivity contribution < 1.29 is 0 Å². The van der Waals surface area contributed by atoms with E-state index in [9.17, 15) is 0 Å². The maximum atomic E-state index is 6.17. The van der Waals surface area contributed by atoms with Crippen molar-refractivity contribution in [2.75, 3.05) is 0 Å². The summed E-state index contributed by atoms with van der Waals surface area (Å²) in [5.74, 6) is 0.393. The van der Waals surface area contributed by atoms with Crippen molar-refractivity contribution in [2.24, 2.45) is 0 Å². The average molecular weight is 245 g/mol. The van der Waals surface area contributed by atoms with Crippen LogP contribution in [-0.4, -0.2) is 5.38 Å². The summed E-state index contributed by atoms with van der Waals surface area (Å²) < 4.78 is 0. The molecule has 1 heteroatoms. The molecule has 0 radical (unpaired) electrons. The maximum absolute atomic E-state index is 6.17. The molecule has 2 aromatic rings. The van der Waals surface area contributed by atoms with E-state index < -0.39 is 0 Å². The van der Waals surface area contributed by atoms with E-state index in [0.29, 0.717) is 5.92 Å². The van der Waals surface area contributed by atoms with E-state index >= 15 is 0 Å². The standard InChI is InChI=1S/C16H17Cl/c1-13(17)12-16(14-8-4-2-5-9-14)15-10-6-3-7-11-15/h2-11,13,16H,12H2,1H3. The highest BCUT2D eigenvalue weighted by Crippen LogP contribution is 2.30. The van der Waals surface area contributed by atoms with Gasteiger partial charge in [-0.3, -0.25) is 0 Å². The van der Waals surface area contributed by atoms with Crippen molar-refractivity contribution in [1.82, 2.24) is 0 Å². The van der Waals surface area contributed by atoms with Crippen molar-refractivity contribution in [1.29, 1.82) is 0 Å². The smallest absolute Gasteiger partial charge is 0.0316 e. The Morgan fingerprint density at radius 2 is 1.24 bits per heavy atom. The molecule has 0 aliphatic rings. The van der Waals surface area contributed by atoms with E-state index in [4.69, 9.17) is 11.6 Å². The van der Waals surface area contributed by atoms with Gasteiger partial charge in [0.2, 0.25) is 0 Å². The molecule has 0 aliphatic carbocycles. The topological polar surface area (TPSA) is 0 Å². The Balaban J connectivity index is 2.32. The Kier molecular flexibility index (Phi) is 4.22. The molecule has 1 atom stereocenters. The fourth-order valence-corrected chi connectivity index (χ4v) is 2.34. The van der Waals surface area contributed by atoms with Crippen LogP contribution in [0.2, 0.25) is 0 Å². The summed E-state index contributed by atoms with van der Waals surface area (Å²) in [5.41, 5.74) is 2.68. The molecule has 2 aromatic carbocycles. The first-order valence-corrected chi connectivity index (χ1v) is 6.45. The lowest BCUT2D eigenvalue weighted by atomic mass is 9.88. The molecule has 0 heterocycles.